The number of rotatable bonds is 6. The number of benzene rings is 9. The molecule has 0 spiro atoms. The van der Waals surface area contributed by atoms with E-state index in [1.807, 2.05) is 12.1 Å². The molecule has 0 bridgehead atoms. The summed E-state index contributed by atoms with van der Waals surface area (Å²) in [7, 11) is 0. The Morgan fingerprint density at radius 2 is 0.909 bits per heavy atom. The largest absolute Gasteiger partial charge is 0.456 e. The first-order chi connectivity index (χ1) is 27.3. The molecule has 0 N–H and O–H groups in total. The van der Waals surface area contributed by atoms with Gasteiger partial charge in [0.05, 0.1) is 5.69 Å². The van der Waals surface area contributed by atoms with Crippen molar-refractivity contribution in [1.29, 1.82) is 0 Å². The van der Waals surface area contributed by atoms with Gasteiger partial charge in [-0.05, 0) is 81.6 Å². The van der Waals surface area contributed by atoms with Gasteiger partial charge in [-0.2, -0.15) is 0 Å². The maximum Gasteiger partial charge on any atom is 0.143 e. The molecule has 0 atom stereocenters. The molecule has 0 saturated heterocycles. The maximum absolute atomic E-state index is 6.63. The molecule has 55 heavy (non-hydrogen) atoms. The van der Waals surface area contributed by atoms with Gasteiger partial charge in [0.25, 0.3) is 0 Å². The van der Waals surface area contributed by atoms with Gasteiger partial charge in [-0.15, -0.1) is 0 Å². The van der Waals surface area contributed by atoms with Crippen molar-refractivity contribution in [3.8, 4) is 33.4 Å². The average Bonchev–Trinajstić information content (AvgIpc) is 3.84. The fourth-order valence-corrected chi connectivity index (χ4v) is 8.33. The van der Waals surface area contributed by atoms with Gasteiger partial charge in [0, 0.05) is 44.0 Å². The number of para-hydroxylation sites is 2. The van der Waals surface area contributed by atoms with Crippen LogP contribution in [0.2, 0.25) is 0 Å². The Balaban J connectivity index is 1.15. The van der Waals surface area contributed by atoms with Crippen LogP contribution in [-0.2, 0) is 0 Å². The zero-order chi connectivity index (χ0) is 36.3. The quantitative estimate of drug-likeness (QED) is 0.173. The Hall–Kier alpha value is -7.36. The second kappa shape index (κ2) is 12.6. The predicted molar refractivity (Wildman–Crippen MR) is 229 cm³/mol. The molecular weight excluding hydrogens is 671 g/mol. The van der Waals surface area contributed by atoms with Crippen LogP contribution in [0.5, 0.6) is 0 Å². The molecule has 11 rings (SSSR count). The summed E-state index contributed by atoms with van der Waals surface area (Å²) in [5, 5.41) is 6.85. The summed E-state index contributed by atoms with van der Waals surface area (Å²) in [5.74, 6) is 0. The lowest BCUT2D eigenvalue weighted by molar-refractivity contribution is 0.669. The van der Waals surface area contributed by atoms with Gasteiger partial charge in [-0.3, -0.25) is 0 Å². The Labute approximate surface area is 317 Å². The Bertz CT molecular complexity index is 3180. The van der Waals surface area contributed by atoms with Crippen LogP contribution in [0, 0.1) is 0 Å². The second-order valence-corrected chi connectivity index (χ2v) is 14.0. The van der Waals surface area contributed by atoms with Crippen molar-refractivity contribution in [2.75, 3.05) is 4.90 Å². The number of anilines is 3. The highest BCUT2D eigenvalue weighted by Gasteiger charge is 2.24. The molecule has 0 aliphatic carbocycles. The van der Waals surface area contributed by atoms with Crippen molar-refractivity contribution >= 4 is 71.7 Å². The van der Waals surface area contributed by atoms with Crippen molar-refractivity contribution in [3.63, 3.8) is 0 Å². The lowest BCUT2D eigenvalue weighted by Gasteiger charge is -2.28. The monoisotopic (exact) mass is 703 g/mol. The molecule has 11 aromatic rings. The Morgan fingerprint density at radius 3 is 1.67 bits per heavy atom. The van der Waals surface area contributed by atoms with E-state index in [-0.39, 0.29) is 0 Å². The van der Waals surface area contributed by atoms with Crippen LogP contribution in [0.25, 0.3) is 88.0 Å². The van der Waals surface area contributed by atoms with Gasteiger partial charge in [-0.25, -0.2) is 0 Å². The second-order valence-electron chi connectivity index (χ2n) is 14.0. The molecule has 9 aromatic carbocycles. The first-order valence-electron chi connectivity index (χ1n) is 18.7. The fourth-order valence-electron chi connectivity index (χ4n) is 8.33. The molecule has 0 unspecified atom stereocenters. The van der Waals surface area contributed by atoms with Gasteiger partial charge >= 0.3 is 0 Å². The highest BCUT2D eigenvalue weighted by atomic mass is 16.3. The first-order valence-corrected chi connectivity index (χ1v) is 18.7. The number of hydrogen-bond donors (Lipinski definition) is 0. The van der Waals surface area contributed by atoms with Gasteiger partial charge in [0.2, 0.25) is 0 Å². The minimum atomic E-state index is 0.864. The smallest absolute Gasteiger partial charge is 0.143 e. The summed E-state index contributed by atoms with van der Waals surface area (Å²) in [4.78, 5) is 2.38. The predicted octanol–water partition coefficient (Wildman–Crippen LogP) is 15.1. The number of fused-ring (bicyclic) bond motifs is 8. The van der Waals surface area contributed by atoms with Gasteiger partial charge in [0.1, 0.15) is 22.3 Å². The summed E-state index contributed by atoms with van der Waals surface area (Å²) in [6, 6.07) is 70.9. The first kappa shape index (κ1) is 31.2. The van der Waals surface area contributed by atoms with E-state index in [9.17, 15) is 0 Å². The van der Waals surface area contributed by atoms with Gasteiger partial charge in [0.15, 0.2) is 0 Å². The van der Waals surface area contributed by atoms with Crippen LogP contribution in [-0.4, -0.2) is 0 Å². The van der Waals surface area contributed by atoms with Crippen LogP contribution >= 0.6 is 0 Å². The molecule has 0 amide bonds. The van der Waals surface area contributed by atoms with E-state index in [4.69, 9.17) is 8.83 Å². The molecular formula is C52H33NO2. The summed E-state index contributed by atoms with van der Waals surface area (Å²) in [5.41, 5.74) is 13.5. The number of hydrogen-bond acceptors (Lipinski definition) is 3. The Kier molecular flexibility index (Phi) is 7.17. The fraction of sp³-hybridized carbons (Fsp3) is 0. The lowest BCUT2D eigenvalue weighted by Crippen LogP contribution is -2.11. The average molecular weight is 704 g/mol. The highest BCUT2D eigenvalue weighted by Crippen LogP contribution is 2.49. The molecule has 258 valence electrons. The topological polar surface area (TPSA) is 29.5 Å². The third-order valence-corrected chi connectivity index (χ3v) is 10.9. The molecule has 0 aliphatic rings. The van der Waals surface area contributed by atoms with E-state index >= 15 is 0 Å². The van der Waals surface area contributed by atoms with E-state index in [1.54, 1.807) is 0 Å². The molecule has 2 aromatic heterocycles. The van der Waals surface area contributed by atoms with Crippen molar-refractivity contribution in [1.82, 2.24) is 0 Å². The molecule has 2 heterocycles. The number of nitrogens with zero attached hydrogens (tertiary/aromatic N) is 1. The van der Waals surface area contributed by atoms with Crippen molar-refractivity contribution in [2.24, 2.45) is 0 Å². The van der Waals surface area contributed by atoms with E-state index in [1.165, 1.54) is 21.9 Å². The molecule has 0 radical (unpaired) electrons. The standard InChI is InChI=1S/C52H33NO2/c1-3-12-34(13-4-1)35-22-27-39(28-23-35)53(40-29-24-37(25-30-40)42-19-11-20-44-43-18-9-10-21-46(43)55-52(42)44)45-31-33-48-51(49(45)38-15-5-2-6-16-38)50-41-17-8-7-14-36(41)26-32-47(50)54-48/h1-33H. The lowest BCUT2D eigenvalue weighted by atomic mass is 9.94. The molecule has 0 fully saturated rings. The molecule has 0 aliphatic heterocycles. The summed E-state index contributed by atoms with van der Waals surface area (Å²) >= 11 is 0. The molecule has 0 saturated carbocycles. The van der Waals surface area contributed by atoms with Crippen molar-refractivity contribution in [3.05, 3.63) is 200 Å². The highest BCUT2D eigenvalue weighted by molar-refractivity contribution is 6.24. The van der Waals surface area contributed by atoms with E-state index in [0.717, 1.165) is 83.2 Å². The van der Waals surface area contributed by atoms with Crippen LogP contribution < -0.4 is 4.90 Å². The zero-order valence-electron chi connectivity index (χ0n) is 29.8. The Morgan fingerprint density at radius 1 is 0.327 bits per heavy atom. The third-order valence-electron chi connectivity index (χ3n) is 10.9. The van der Waals surface area contributed by atoms with Gasteiger partial charge in [-0.1, -0.05) is 152 Å². The van der Waals surface area contributed by atoms with E-state index in [0.29, 0.717) is 0 Å². The van der Waals surface area contributed by atoms with Crippen LogP contribution in [0.4, 0.5) is 17.1 Å². The van der Waals surface area contributed by atoms with Crippen LogP contribution in [0.1, 0.15) is 0 Å². The summed E-state index contributed by atoms with van der Waals surface area (Å²) in [6.07, 6.45) is 0. The molecule has 3 heteroatoms. The third kappa shape index (κ3) is 5.13. The van der Waals surface area contributed by atoms with Crippen LogP contribution in [0.15, 0.2) is 209 Å². The molecule has 3 nitrogen and oxygen atoms in total. The minimum Gasteiger partial charge on any atom is -0.456 e. The van der Waals surface area contributed by atoms with Crippen molar-refractivity contribution in [2.45, 2.75) is 0 Å². The van der Waals surface area contributed by atoms with Crippen molar-refractivity contribution < 1.29 is 8.83 Å². The zero-order valence-corrected chi connectivity index (χ0v) is 29.8. The summed E-state index contributed by atoms with van der Waals surface area (Å²) in [6.45, 7) is 0. The minimum absolute atomic E-state index is 0.864. The number of furan rings is 2. The maximum atomic E-state index is 6.63. The van der Waals surface area contributed by atoms with Crippen LogP contribution in [0.3, 0.4) is 0 Å². The normalized spacial score (nSPS) is 11.6. The van der Waals surface area contributed by atoms with Gasteiger partial charge < -0.3 is 13.7 Å². The SMILES string of the molecule is c1ccc(-c2ccc(N(c3ccc(-c4cccc5c4oc4ccccc45)cc3)c3ccc4oc5ccc6ccccc6c5c4c3-c3ccccc3)cc2)cc1. The van der Waals surface area contributed by atoms with E-state index in [2.05, 4.69) is 193 Å². The summed E-state index contributed by atoms with van der Waals surface area (Å²) < 4.78 is 13.1. The van der Waals surface area contributed by atoms with E-state index < -0.39 is 0 Å².